The fourth-order valence-corrected chi connectivity index (χ4v) is 6.86. The molecule has 0 aliphatic heterocycles. The maximum atomic E-state index is 12.7. The molecule has 0 fully saturated rings. The van der Waals surface area contributed by atoms with Gasteiger partial charge in [0, 0.05) is 0 Å². The first kappa shape index (κ1) is 23.6. The quantitative estimate of drug-likeness (QED) is 0.450. The summed E-state index contributed by atoms with van der Waals surface area (Å²) < 4.78 is 42.1. The summed E-state index contributed by atoms with van der Waals surface area (Å²) >= 11 is -2.15. The Hall–Kier alpha value is -2.64. The van der Waals surface area contributed by atoms with Crippen molar-refractivity contribution in [2.45, 2.75) is 18.7 Å². The monoisotopic (exact) mass is 502 g/mol. The summed E-state index contributed by atoms with van der Waals surface area (Å²) in [5.74, 6) is -0.513. The molecule has 3 aromatic rings. The van der Waals surface area contributed by atoms with Gasteiger partial charge in [-0.3, -0.25) is 0 Å². The molecule has 7 nitrogen and oxygen atoms in total. The summed E-state index contributed by atoms with van der Waals surface area (Å²) in [7, 11) is 0. The van der Waals surface area contributed by atoms with E-state index in [2.05, 4.69) is 14.7 Å². The van der Waals surface area contributed by atoms with Gasteiger partial charge in [0.2, 0.25) is 0 Å². The van der Waals surface area contributed by atoms with Crippen LogP contribution in [0.15, 0.2) is 53.4 Å². The van der Waals surface area contributed by atoms with Gasteiger partial charge in [0.25, 0.3) is 0 Å². The molecular weight excluding hydrogens is 485 g/mol. The molecule has 0 spiro atoms. The van der Waals surface area contributed by atoms with Crippen LogP contribution in [0.3, 0.4) is 0 Å². The number of hydrogen-bond acceptors (Lipinski definition) is 6. The Morgan fingerprint density at radius 2 is 1.97 bits per heavy atom. The number of carboxylic acids is 1. The van der Waals surface area contributed by atoms with Crippen LogP contribution in [0.4, 0.5) is 8.78 Å². The van der Waals surface area contributed by atoms with Crippen molar-refractivity contribution >= 4 is 41.9 Å². The van der Waals surface area contributed by atoms with Gasteiger partial charge in [-0.15, -0.1) is 12.4 Å². The minimum atomic E-state index is -2.99. The molecule has 1 atom stereocenters. The molecule has 1 N–H and O–H groups in total. The number of aromatic carboxylic acids is 1. The van der Waals surface area contributed by atoms with E-state index in [0.29, 0.717) is 15.5 Å². The van der Waals surface area contributed by atoms with Crippen LogP contribution in [0, 0.1) is 0 Å². The summed E-state index contributed by atoms with van der Waals surface area (Å²) in [6.45, 7) is -1.04. The van der Waals surface area contributed by atoms with Crippen LogP contribution >= 0.6 is 12.4 Å². The number of rotatable bonds is 9. The van der Waals surface area contributed by atoms with Crippen molar-refractivity contribution < 1.29 is 32.6 Å². The van der Waals surface area contributed by atoms with Crippen molar-refractivity contribution in [1.82, 2.24) is 9.97 Å². The number of ether oxygens (including phenoxy) is 2. The molecule has 0 bridgehead atoms. The van der Waals surface area contributed by atoms with Crippen LogP contribution in [0.2, 0.25) is 0 Å². The minimum absolute atomic E-state index is 0. The smallest absolute Gasteiger partial charge is 0.147 e. The summed E-state index contributed by atoms with van der Waals surface area (Å²) in [5, 5.41) is 9.64. The van der Waals surface area contributed by atoms with Crippen molar-refractivity contribution in [3.8, 4) is 11.6 Å². The third-order valence-electron chi connectivity index (χ3n) is 3.81. The second-order valence-corrected chi connectivity index (χ2v) is 10.2. The Morgan fingerprint density at radius 3 is 2.53 bits per heavy atom. The van der Waals surface area contributed by atoms with Crippen molar-refractivity contribution in [3.05, 3.63) is 60.3 Å². The maximum Gasteiger partial charge on any atom is -0.147 e. The number of halogens is 3. The number of carbonyl (C=O) groups is 1. The summed E-state index contributed by atoms with van der Waals surface area (Å²) in [6.07, 6.45) is 2.93. The van der Waals surface area contributed by atoms with Crippen molar-refractivity contribution in [1.29, 1.82) is 0 Å². The zero-order valence-electron chi connectivity index (χ0n) is 15.7. The Kier molecular flexibility index (Phi) is 8.62. The number of oxazole rings is 1. The molecule has 2 aromatic heterocycles. The molecule has 0 aliphatic rings. The Labute approximate surface area is 181 Å². The van der Waals surface area contributed by atoms with E-state index in [0.717, 1.165) is 4.35 Å². The Bertz CT molecular complexity index is 958. The first-order valence-corrected chi connectivity index (χ1v) is 11.7. The van der Waals surface area contributed by atoms with Crippen LogP contribution in [-0.2, 0) is 5.21 Å². The van der Waals surface area contributed by atoms with Crippen molar-refractivity contribution in [2.75, 3.05) is 6.61 Å². The van der Waals surface area contributed by atoms with E-state index in [1.54, 1.807) is 31.3 Å². The first-order chi connectivity index (χ1) is 14.0. The second-order valence-electron chi connectivity index (χ2n) is 5.69. The zero-order chi connectivity index (χ0) is 20.8. The van der Waals surface area contributed by atoms with E-state index in [9.17, 15) is 13.6 Å². The van der Waals surface area contributed by atoms with Gasteiger partial charge in [0.05, 0.1) is 0 Å². The van der Waals surface area contributed by atoms with Gasteiger partial charge in [0.1, 0.15) is 0 Å². The van der Waals surface area contributed by atoms with E-state index in [4.69, 9.17) is 14.3 Å². The van der Waals surface area contributed by atoms with E-state index in [1.165, 1.54) is 24.6 Å². The fraction of sp³-hybridized carbons (Fsp3) is 0.211. The molecule has 0 saturated carbocycles. The van der Waals surface area contributed by atoms with Gasteiger partial charge in [-0.05, 0) is 0 Å². The normalized spacial score (nSPS) is 11.6. The molecule has 30 heavy (non-hydrogen) atoms. The van der Waals surface area contributed by atoms with Crippen LogP contribution in [0.1, 0.15) is 23.0 Å². The number of benzene rings is 1. The first-order valence-electron chi connectivity index (χ1n) is 8.55. The number of nitrogens with zero attached hydrogens (tertiary/aromatic N) is 2. The minimum Gasteiger partial charge on any atom is -0.147 e. The van der Waals surface area contributed by atoms with Crippen molar-refractivity contribution in [2.24, 2.45) is 0 Å². The summed E-state index contributed by atoms with van der Waals surface area (Å²) in [5.41, 5.74) is 0.172. The van der Waals surface area contributed by atoms with Crippen LogP contribution in [-0.4, -0.2) is 48.9 Å². The van der Waals surface area contributed by atoms with Gasteiger partial charge in [0.15, 0.2) is 0 Å². The molecule has 1 aromatic carbocycles. The molecular formula is C19H18AsClF2N2O5. The molecule has 0 saturated heterocycles. The largest absolute Gasteiger partial charge is 0.147 e. The van der Waals surface area contributed by atoms with Crippen molar-refractivity contribution in [3.63, 3.8) is 0 Å². The third-order valence-corrected chi connectivity index (χ3v) is 8.74. The standard InChI is InChI=1S/C19H17AsF2N2O5.ClH/c1-2-27-17-15(29-19(21)22)7-8-16(24-17)20(9-14-10-23-11-28-14)13-5-3-12(4-6-13)18(25)26;/h3-8,10-11,19H,2,9H2,1H3,(H,25,26);1H. The summed E-state index contributed by atoms with van der Waals surface area (Å²) in [4.78, 5) is 19.5. The molecule has 160 valence electrons. The van der Waals surface area contributed by atoms with Gasteiger partial charge in [-0.2, -0.15) is 0 Å². The average molecular weight is 503 g/mol. The SMILES string of the molecule is CCOc1nc([As](Cc2cnco2)c2ccc(C(=O)O)cc2)ccc1OC(F)F.Cl. The predicted octanol–water partition coefficient (Wildman–Crippen LogP) is 2.58. The number of pyridine rings is 1. The zero-order valence-corrected chi connectivity index (χ0v) is 18.4. The number of hydrogen-bond donors (Lipinski definition) is 1. The van der Waals surface area contributed by atoms with Gasteiger partial charge >= 0.3 is 169 Å². The van der Waals surface area contributed by atoms with E-state index < -0.39 is 27.2 Å². The molecule has 1 unspecified atom stereocenters. The van der Waals surface area contributed by atoms with Crippen LogP contribution in [0.25, 0.3) is 0 Å². The molecule has 0 aliphatic carbocycles. The van der Waals surface area contributed by atoms with Crippen LogP contribution in [0.5, 0.6) is 11.6 Å². The maximum absolute atomic E-state index is 12.7. The van der Waals surface area contributed by atoms with E-state index in [-0.39, 0.29) is 36.2 Å². The summed E-state index contributed by atoms with van der Waals surface area (Å²) in [6, 6.07) is 9.57. The Morgan fingerprint density at radius 1 is 1.23 bits per heavy atom. The van der Waals surface area contributed by atoms with Gasteiger partial charge in [-0.1, -0.05) is 0 Å². The average Bonchev–Trinajstić information content (AvgIpc) is 3.21. The molecule has 0 radical (unpaired) electrons. The predicted molar refractivity (Wildman–Crippen MR) is 108 cm³/mol. The topological polar surface area (TPSA) is 94.7 Å². The molecule has 0 amide bonds. The second kappa shape index (κ2) is 10.9. The number of alkyl halides is 2. The Balaban J connectivity index is 0.00000320. The van der Waals surface area contributed by atoms with E-state index >= 15 is 0 Å². The van der Waals surface area contributed by atoms with Gasteiger partial charge in [-0.25, -0.2) is 0 Å². The van der Waals surface area contributed by atoms with Crippen LogP contribution < -0.4 is 18.3 Å². The third kappa shape index (κ3) is 5.93. The number of carboxylic acid groups (broad SMARTS) is 1. The molecule has 3 rings (SSSR count). The molecule has 11 heteroatoms. The fourth-order valence-electron chi connectivity index (χ4n) is 2.56. The molecule has 2 heterocycles. The van der Waals surface area contributed by atoms with Gasteiger partial charge < -0.3 is 0 Å². The number of aromatic nitrogens is 2. The van der Waals surface area contributed by atoms with E-state index in [1.807, 2.05) is 0 Å².